The van der Waals surface area contributed by atoms with E-state index in [0.29, 0.717) is 0 Å². The summed E-state index contributed by atoms with van der Waals surface area (Å²) in [6.07, 6.45) is 0. The Kier molecular flexibility index (Phi) is 2.23. The first-order chi connectivity index (χ1) is 6.00. The van der Waals surface area contributed by atoms with Crippen LogP contribution in [-0.2, 0) is 14.3 Å². The standard InChI is InChI=1S/C9H10O4/c1-4-6(10)7(11)5(2)9(13-3)8(4)12/h10H,1-3H3. The second kappa shape index (κ2) is 3.05. The van der Waals surface area contributed by atoms with Crippen LogP contribution in [0.2, 0.25) is 0 Å². The molecule has 0 saturated carbocycles. The van der Waals surface area contributed by atoms with Gasteiger partial charge in [0.05, 0.1) is 7.11 Å². The zero-order chi connectivity index (χ0) is 10.2. The van der Waals surface area contributed by atoms with Crippen molar-refractivity contribution in [1.82, 2.24) is 0 Å². The molecule has 1 aliphatic carbocycles. The maximum Gasteiger partial charge on any atom is 0.227 e. The minimum absolute atomic E-state index is 0.0142. The molecule has 0 amide bonds. The Balaban J connectivity index is 3.29. The van der Waals surface area contributed by atoms with Gasteiger partial charge in [-0.15, -0.1) is 0 Å². The van der Waals surface area contributed by atoms with Crippen LogP contribution in [0.5, 0.6) is 0 Å². The van der Waals surface area contributed by atoms with Crippen LogP contribution in [0.4, 0.5) is 0 Å². The number of ketones is 2. The minimum Gasteiger partial charge on any atom is -0.504 e. The second-order valence-electron chi connectivity index (χ2n) is 2.79. The van der Waals surface area contributed by atoms with Crippen molar-refractivity contribution in [2.45, 2.75) is 13.8 Å². The van der Waals surface area contributed by atoms with Gasteiger partial charge in [0.2, 0.25) is 11.6 Å². The van der Waals surface area contributed by atoms with E-state index in [0.717, 1.165) is 0 Å². The van der Waals surface area contributed by atoms with E-state index in [2.05, 4.69) is 0 Å². The summed E-state index contributed by atoms with van der Waals surface area (Å²) in [6, 6.07) is 0. The summed E-state index contributed by atoms with van der Waals surface area (Å²) in [4.78, 5) is 22.6. The maximum absolute atomic E-state index is 11.4. The Hall–Kier alpha value is -1.58. The topological polar surface area (TPSA) is 63.6 Å². The molecule has 4 nitrogen and oxygen atoms in total. The van der Waals surface area contributed by atoms with Gasteiger partial charge in [-0.05, 0) is 13.8 Å². The molecule has 0 radical (unpaired) electrons. The van der Waals surface area contributed by atoms with Crippen LogP contribution in [0, 0.1) is 0 Å². The van der Waals surface area contributed by atoms with Crippen molar-refractivity contribution >= 4 is 11.6 Å². The Morgan fingerprint density at radius 1 is 1.08 bits per heavy atom. The molecule has 0 aliphatic heterocycles. The number of aliphatic hydroxyl groups is 1. The molecular formula is C9H10O4. The number of ether oxygens (including phenoxy) is 1. The summed E-state index contributed by atoms with van der Waals surface area (Å²) < 4.78 is 4.77. The summed E-state index contributed by atoms with van der Waals surface area (Å²) in [5, 5.41) is 9.22. The lowest BCUT2D eigenvalue weighted by Crippen LogP contribution is -2.22. The molecule has 70 valence electrons. The lowest BCUT2D eigenvalue weighted by molar-refractivity contribution is -0.120. The Bertz CT molecular complexity index is 347. The molecular weight excluding hydrogens is 172 g/mol. The van der Waals surface area contributed by atoms with E-state index in [-0.39, 0.29) is 16.9 Å². The van der Waals surface area contributed by atoms with Crippen LogP contribution in [0.15, 0.2) is 22.7 Å². The summed E-state index contributed by atoms with van der Waals surface area (Å²) in [5.41, 5.74) is 0.183. The Labute approximate surface area is 75.5 Å². The van der Waals surface area contributed by atoms with Crippen LogP contribution in [0.3, 0.4) is 0 Å². The van der Waals surface area contributed by atoms with E-state index in [1.807, 2.05) is 0 Å². The van der Waals surface area contributed by atoms with Gasteiger partial charge in [0.1, 0.15) is 0 Å². The highest BCUT2D eigenvalue weighted by Gasteiger charge is 2.30. The highest BCUT2D eigenvalue weighted by Crippen LogP contribution is 2.22. The van der Waals surface area contributed by atoms with E-state index in [4.69, 9.17) is 4.74 Å². The lowest BCUT2D eigenvalue weighted by Gasteiger charge is -2.15. The largest absolute Gasteiger partial charge is 0.504 e. The predicted molar refractivity (Wildman–Crippen MR) is 45.1 cm³/mol. The maximum atomic E-state index is 11.4. The van der Waals surface area contributed by atoms with Gasteiger partial charge in [-0.25, -0.2) is 0 Å². The van der Waals surface area contributed by atoms with Gasteiger partial charge in [-0.3, -0.25) is 9.59 Å². The van der Waals surface area contributed by atoms with Crippen LogP contribution >= 0.6 is 0 Å². The first-order valence-corrected chi connectivity index (χ1v) is 3.74. The predicted octanol–water partition coefficient (Wildman–Crippen LogP) is 0.891. The monoisotopic (exact) mass is 182 g/mol. The van der Waals surface area contributed by atoms with E-state index < -0.39 is 17.3 Å². The highest BCUT2D eigenvalue weighted by molar-refractivity contribution is 6.22. The van der Waals surface area contributed by atoms with Crippen molar-refractivity contribution in [3.8, 4) is 0 Å². The number of methoxy groups -OCH3 is 1. The summed E-state index contributed by atoms with van der Waals surface area (Å²) in [6.45, 7) is 2.84. The highest BCUT2D eigenvalue weighted by atomic mass is 16.5. The summed E-state index contributed by atoms with van der Waals surface area (Å²) in [7, 11) is 1.32. The van der Waals surface area contributed by atoms with Crippen molar-refractivity contribution in [3.63, 3.8) is 0 Å². The van der Waals surface area contributed by atoms with E-state index >= 15 is 0 Å². The fourth-order valence-electron chi connectivity index (χ4n) is 1.14. The minimum atomic E-state index is -0.547. The van der Waals surface area contributed by atoms with Crippen LogP contribution in [-0.4, -0.2) is 23.8 Å². The third kappa shape index (κ3) is 1.24. The molecule has 0 aromatic heterocycles. The number of hydrogen-bond acceptors (Lipinski definition) is 4. The molecule has 0 atom stereocenters. The van der Waals surface area contributed by atoms with Crippen molar-refractivity contribution in [2.24, 2.45) is 0 Å². The third-order valence-electron chi connectivity index (χ3n) is 2.00. The quantitative estimate of drug-likeness (QED) is 0.611. The third-order valence-corrected chi connectivity index (χ3v) is 2.00. The summed E-state index contributed by atoms with van der Waals surface area (Å²) in [5.74, 6) is -1.45. The first-order valence-electron chi connectivity index (χ1n) is 3.74. The molecule has 0 unspecified atom stereocenters. The van der Waals surface area contributed by atoms with Crippen LogP contribution < -0.4 is 0 Å². The van der Waals surface area contributed by atoms with Gasteiger partial charge in [0.25, 0.3) is 0 Å². The van der Waals surface area contributed by atoms with E-state index in [1.165, 1.54) is 21.0 Å². The molecule has 0 aromatic carbocycles. The number of hydrogen-bond donors (Lipinski definition) is 1. The second-order valence-corrected chi connectivity index (χ2v) is 2.79. The smallest absolute Gasteiger partial charge is 0.227 e. The van der Waals surface area contributed by atoms with Gasteiger partial charge in [0, 0.05) is 11.1 Å². The summed E-state index contributed by atoms with van der Waals surface area (Å²) >= 11 is 0. The molecule has 0 heterocycles. The SMILES string of the molecule is COC1=C(C)C(=O)C(O)=C(C)C1=O. The molecule has 0 aromatic rings. The van der Waals surface area contributed by atoms with Gasteiger partial charge in [-0.2, -0.15) is 0 Å². The normalized spacial score (nSPS) is 18.4. The Morgan fingerprint density at radius 2 is 1.62 bits per heavy atom. The first kappa shape index (κ1) is 9.51. The van der Waals surface area contributed by atoms with E-state index in [9.17, 15) is 14.7 Å². The lowest BCUT2D eigenvalue weighted by atomic mass is 9.95. The fourth-order valence-corrected chi connectivity index (χ4v) is 1.14. The Morgan fingerprint density at radius 3 is 2.08 bits per heavy atom. The number of carbonyl (C=O) groups is 2. The van der Waals surface area contributed by atoms with Crippen molar-refractivity contribution in [1.29, 1.82) is 0 Å². The zero-order valence-electron chi connectivity index (χ0n) is 7.67. The van der Waals surface area contributed by atoms with Crippen molar-refractivity contribution in [3.05, 3.63) is 22.7 Å². The number of allylic oxidation sites excluding steroid dienone is 2. The number of rotatable bonds is 1. The van der Waals surface area contributed by atoms with Crippen molar-refractivity contribution in [2.75, 3.05) is 7.11 Å². The fraction of sp³-hybridized carbons (Fsp3) is 0.333. The molecule has 4 heteroatoms. The molecule has 1 rings (SSSR count). The molecule has 0 fully saturated rings. The van der Waals surface area contributed by atoms with Crippen LogP contribution in [0.25, 0.3) is 0 Å². The molecule has 0 bridgehead atoms. The zero-order valence-corrected chi connectivity index (χ0v) is 7.67. The molecule has 1 aliphatic rings. The van der Waals surface area contributed by atoms with Gasteiger partial charge < -0.3 is 9.84 Å². The number of aliphatic hydroxyl groups excluding tert-OH is 1. The van der Waals surface area contributed by atoms with Gasteiger partial charge in [0.15, 0.2) is 11.5 Å². The van der Waals surface area contributed by atoms with E-state index in [1.54, 1.807) is 0 Å². The molecule has 1 N–H and O–H groups in total. The number of carbonyl (C=O) groups excluding carboxylic acids is 2. The molecule has 13 heavy (non-hydrogen) atoms. The number of Topliss-reactive ketones (excluding diaryl/α,β-unsaturated/α-hetero) is 2. The van der Waals surface area contributed by atoms with Crippen molar-refractivity contribution < 1.29 is 19.4 Å². The molecule has 0 saturated heterocycles. The van der Waals surface area contributed by atoms with Crippen LogP contribution in [0.1, 0.15) is 13.8 Å². The average Bonchev–Trinajstić information content (AvgIpc) is 2.13. The molecule has 0 spiro atoms. The average molecular weight is 182 g/mol. The van der Waals surface area contributed by atoms with Gasteiger partial charge >= 0.3 is 0 Å². The van der Waals surface area contributed by atoms with Gasteiger partial charge in [-0.1, -0.05) is 0 Å².